The molecule has 1 amide bonds. The Hall–Kier alpha value is -2.33. The summed E-state index contributed by atoms with van der Waals surface area (Å²) in [6.45, 7) is 5.66. The smallest absolute Gasteiger partial charge is 0.255 e. The number of rotatable bonds is 3. The molecule has 0 atom stereocenters. The number of piperidine rings is 1. The third-order valence-corrected chi connectivity index (χ3v) is 4.73. The lowest BCUT2D eigenvalue weighted by Crippen LogP contribution is -2.36. The molecule has 1 saturated heterocycles. The topological polar surface area (TPSA) is 52.6 Å². The van der Waals surface area contributed by atoms with Crippen LogP contribution in [0.5, 0.6) is 0 Å². The molecule has 1 heterocycles. The number of aryl methyl sites for hydroxylation is 2. The average Bonchev–Trinajstić information content (AvgIpc) is 2.58. The highest BCUT2D eigenvalue weighted by atomic mass is 16.3. The van der Waals surface area contributed by atoms with E-state index < -0.39 is 0 Å². The highest BCUT2D eigenvalue weighted by molar-refractivity contribution is 6.06. The molecule has 0 bridgehead atoms. The first-order valence-electron chi connectivity index (χ1n) is 8.45. The normalized spacial score (nSPS) is 15.4. The molecule has 126 valence electrons. The van der Waals surface area contributed by atoms with E-state index in [1.807, 2.05) is 56.3 Å². The van der Waals surface area contributed by atoms with E-state index in [-0.39, 0.29) is 12.0 Å². The standard InChI is InChI=1S/C20H24N2O2/c1-14-7-8-16(13-15(14)2)20(24)21-18-5-3-4-6-19(18)22-11-9-17(23)10-12-22/h3-8,13,17,23H,9-12H2,1-2H3,(H,21,24). The molecule has 3 rings (SSSR count). The fourth-order valence-electron chi connectivity index (χ4n) is 3.04. The van der Waals surface area contributed by atoms with Gasteiger partial charge in [-0.2, -0.15) is 0 Å². The molecule has 1 fully saturated rings. The van der Waals surface area contributed by atoms with Gasteiger partial charge < -0.3 is 15.3 Å². The molecule has 0 unspecified atom stereocenters. The van der Waals surface area contributed by atoms with Crippen LogP contribution in [0.15, 0.2) is 42.5 Å². The van der Waals surface area contributed by atoms with Crippen molar-refractivity contribution in [3.63, 3.8) is 0 Å². The van der Waals surface area contributed by atoms with Crippen LogP contribution in [0.2, 0.25) is 0 Å². The molecule has 2 aromatic rings. The van der Waals surface area contributed by atoms with Crippen molar-refractivity contribution < 1.29 is 9.90 Å². The second-order valence-electron chi connectivity index (χ2n) is 6.49. The van der Waals surface area contributed by atoms with Crippen LogP contribution in [0.3, 0.4) is 0 Å². The molecule has 2 aromatic carbocycles. The lowest BCUT2D eigenvalue weighted by Gasteiger charge is -2.32. The van der Waals surface area contributed by atoms with Gasteiger partial charge in [0.15, 0.2) is 0 Å². The van der Waals surface area contributed by atoms with Gasteiger partial charge in [-0.1, -0.05) is 18.2 Å². The fraction of sp³-hybridized carbons (Fsp3) is 0.350. The van der Waals surface area contributed by atoms with Gasteiger partial charge >= 0.3 is 0 Å². The van der Waals surface area contributed by atoms with Crippen LogP contribution in [0, 0.1) is 13.8 Å². The quantitative estimate of drug-likeness (QED) is 0.908. The maximum absolute atomic E-state index is 12.6. The number of hydrogen-bond acceptors (Lipinski definition) is 3. The summed E-state index contributed by atoms with van der Waals surface area (Å²) < 4.78 is 0. The lowest BCUT2D eigenvalue weighted by atomic mass is 10.1. The van der Waals surface area contributed by atoms with Gasteiger partial charge in [0.25, 0.3) is 5.91 Å². The Balaban J connectivity index is 1.80. The number of nitrogens with zero attached hydrogens (tertiary/aromatic N) is 1. The molecule has 0 radical (unpaired) electrons. The third kappa shape index (κ3) is 3.60. The van der Waals surface area contributed by atoms with Crippen molar-refractivity contribution in [1.82, 2.24) is 0 Å². The Morgan fingerprint density at radius 1 is 1.08 bits per heavy atom. The van der Waals surface area contributed by atoms with Crippen molar-refractivity contribution in [3.8, 4) is 0 Å². The summed E-state index contributed by atoms with van der Waals surface area (Å²) in [5, 5.41) is 12.7. The Labute approximate surface area is 143 Å². The minimum atomic E-state index is -0.210. The van der Waals surface area contributed by atoms with Crippen molar-refractivity contribution >= 4 is 17.3 Å². The van der Waals surface area contributed by atoms with Gasteiger partial charge in [-0.25, -0.2) is 0 Å². The summed E-state index contributed by atoms with van der Waals surface area (Å²) in [5.41, 5.74) is 4.79. The van der Waals surface area contributed by atoms with Gasteiger partial charge in [0.1, 0.15) is 0 Å². The average molecular weight is 324 g/mol. The SMILES string of the molecule is Cc1ccc(C(=O)Nc2ccccc2N2CCC(O)CC2)cc1C. The van der Waals surface area contributed by atoms with E-state index in [1.165, 1.54) is 5.56 Å². The minimum absolute atomic E-state index is 0.0948. The van der Waals surface area contributed by atoms with Crippen molar-refractivity contribution in [2.75, 3.05) is 23.3 Å². The number of carbonyl (C=O) groups excluding carboxylic acids is 1. The molecule has 0 aliphatic carbocycles. The lowest BCUT2D eigenvalue weighted by molar-refractivity contribution is 0.102. The summed E-state index contributed by atoms with van der Waals surface area (Å²) in [6.07, 6.45) is 1.32. The Bertz CT molecular complexity index is 734. The highest BCUT2D eigenvalue weighted by Gasteiger charge is 2.20. The van der Waals surface area contributed by atoms with Crippen LogP contribution in [-0.2, 0) is 0 Å². The van der Waals surface area contributed by atoms with Crippen LogP contribution in [0.4, 0.5) is 11.4 Å². The molecule has 0 aromatic heterocycles. The van der Waals surface area contributed by atoms with E-state index in [0.29, 0.717) is 5.56 Å². The van der Waals surface area contributed by atoms with E-state index in [2.05, 4.69) is 10.2 Å². The summed E-state index contributed by atoms with van der Waals surface area (Å²) in [5.74, 6) is -0.0948. The number of aliphatic hydroxyl groups excluding tert-OH is 1. The number of nitrogens with one attached hydrogen (secondary N) is 1. The van der Waals surface area contributed by atoms with Gasteiger partial charge in [-0.05, 0) is 62.1 Å². The second-order valence-corrected chi connectivity index (χ2v) is 6.49. The second kappa shape index (κ2) is 7.05. The van der Waals surface area contributed by atoms with Crippen LogP contribution in [0.1, 0.15) is 34.3 Å². The Kier molecular flexibility index (Phi) is 4.86. The summed E-state index contributed by atoms with van der Waals surface area (Å²) in [7, 11) is 0. The predicted molar refractivity (Wildman–Crippen MR) is 97.8 cm³/mol. The number of benzene rings is 2. The maximum Gasteiger partial charge on any atom is 0.255 e. The number of para-hydroxylation sites is 2. The molecule has 24 heavy (non-hydrogen) atoms. The molecule has 4 heteroatoms. The van der Waals surface area contributed by atoms with Gasteiger partial charge in [-0.15, -0.1) is 0 Å². The van der Waals surface area contributed by atoms with Crippen molar-refractivity contribution in [2.24, 2.45) is 0 Å². The van der Waals surface area contributed by atoms with Crippen molar-refractivity contribution in [2.45, 2.75) is 32.8 Å². The number of aliphatic hydroxyl groups is 1. The number of hydrogen-bond donors (Lipinski definition) is 2. The maximum atomic E-state index is 12.6. The van der Waals surface area contributed by atoms with E-state index in [9.17, 15) is 9.90 Å². The van der Waals surface area contributed by atoms with Crippen molar-refractivity contribution in [1.29, 1.82) is 0 Å². The zero-order valence-corrected chi connectivity index (χ0v) is 14.2. The zero-order valence-electron chi connectivity index (χ0n) is 14.2. The summed E-state index contributed by atoms with van der Waals surface area (Å²) in [4.78, 5) is 14.8. The first-order chi connectivity index (χ1) is 11.5. The van der Waals surface area contributed by atoms with Crippen LogP contribution >= 0.6 is 0 Å². The molecule has 2 N–H and O–H groups in total. The molecule has 1 aliphatic heterocycles. The fourth-order valence-corrected chi connectivity index (χ4v) is 3.04. The summed E-state index contributed by atoms with van der Waals surface area (Å²) in [6, 6.07) is 13.6. The van der Waals surface area contributed by atoms with Gasteiger partial charge in [0.05, 0.1) is 17.5 Å². The molecule has 1 aliphatic rings. The van der Waals surface area contributed by atoms with Crippen molar-refractivity contribution in [3.05, 3.63) is 59.2 Å². The number of amides is 1. The van der Waals surface area contributed by atoms with Crippen LogP contribution in [-0.4, -0.2) is 30.2 Å². The largest absolute Gasteiger partial charge is 0.393 e. The molecule has 4 nitrogen and oxygen atoms in total. The van der Waals surface area contributed by atoms with E-state index in [4.69, 9.17) is 0 Å². The highest BCUT2D eigenvalue weighted by Crippen LogP contribution is 2.28. The van der Waals surface area contributed by atoms with E-state index in [1.54, 1.807) is 0 Å². The Morgan fingerprint density at radius 2 is 1.79 bits per heavy atom. The first-order valence-corrected chi connectivity index (χ1v) is 8.45. The number of anilines is 2. The van der Waals surface area contributed by atoms with E-state index >= 15 is 0 Å². The molecular formula is C20H24N2O2. The third-order valence-electron chi connectivity index (χ3n) is 4.73. The van der Waals surface area contributed by atoms with Crippen LogP contribution in [0.25, 0.3) is 0 Å². The van der Waals surface area contributed by atoms with Gasteiger partial charge in [0.2, 0.25) is 0 Å². The van der Waals surface area contributed by atoms with Gasteiger partial charge in [0, 0.05) is 18.7 Å². The molecule has 0 saturated carbocycles. The molecule has 0 spiro atoms. The monoisotopic (exact) mass is 324 g/mol. The van der Waals surface area contributed by atoms with Crippen LogP contribution < -0.4 is 10.2 Å². The first kappa shape index (κ1) is 16.5. The minimum Gasteiger partial charge on any atom is -0.393 e. The Morgan fingerprint density at radius 3 is 2.50 bits per heavy atom. The zero-order chi connectivity index (χ0) is 17.1. The number of carbonyl (C=O) groups is 1. The predicted octanol–water partition coefficient (Wildman–Crippen LogP) is 3.52. The molecular weight excluding hydrogens is 300 g/mol. The summed E-state index contributed by atoms with van der Waals surface area (Å²) >= 11 is 0. The van der Waals surface area contributed by atoms with Gasteiger partial charge in [-0.3, -0.25) is 4.79 Å². The van der Waals surface area contributed by atoms with E-state index in [0.717, 1.165) is 42.9 Å².